The molecule has 0 bridgehead atoms. The average molecular weight is 401 g/mol. The molecule has 0 fully saturated rings. The molecule has 1 aromatic heterocycles. The van der Waals surface area contributed by atoms with Crippen LogP contribution in [0.5, 0.6) is 0 Å². The summed E-state index contributed by atoms with van der Waals surface area (Å²) in [4.78, 5) is 12.6. The third-order valence-electron chi connectivity index (χ3n) is 4.51. The first-order valence-electron chi connectivity index (χ1n) is 9.29. The lowest BCUT2D eigenvalue weighted by Crippen LogP contribution is -2.19. The van der Waals surface area contributed by atoms with E-state index in [1.54, 1.807) is 4.68 Å². The highest BCUT2D eigenvalue weighted by Crippen LogP contribution is 2.22. The van der Waals surface area contributed by atoms with Crippen molar-refractivity contribution in [1.29, 1.82) is 0 Å². The SMILES string of the molecule is Cc1ccc(NC(=O)Cn2nc(-c3ccccc3)n(-c3ccccc3)c2=S)cc1. The maximum atomic E-state index is 12.6. The molecule has 0 spiro atoms. The number of nitrogens with one attached hydrogen (secondary N) is 1. The molecule has 3 aromatic carbocycles. The number of hydrogen-bond donors (Lipinski definition) is 1. The van der Waals surface area contributed by atoms with Crippen LogP contribution in [0.2, 0.25) is 0 Å². The zero-order chi connectivity index (χ0) is 20.2. The molecule has 144 valence electrons. The minimum absolute atomic E-state index is 0.0341. The van der Waals surface area contributed by atoms with Crippen LogP contribution in [0.4, 0.5) is 5.69 Å². The van der Waals surface area contributed by atoms with Crippen LogP contribution in [0.1, 0.15) is 5.56 Å². The molecule has 1 N–H and O–H groups in total. The normalized spacial score (nSPS) is 10.7. The zero-order valence-electron chi connectivity index (χ0n) is 15.9. The van der Waals surface area contributed by atoms with Crippen molar-refractivity contribution in [3.05, 3.63) is 95.3 Å². The molecular weight excluding hydrogens is 380 g/mol. The monoisotopic (exact) mass is 400 g/mol. The molecule has 0 aliphatic carbocycles. The number of aryl methyl sites for hydroxylation is 1. The van der Waals surface area contributed by atoms with Gasteiger partial charge in [0.2, 0.25) is 10.7 Å². The largest absolute Gasteiger partial charge is 0.324 e. The predicted molar refractivity (Wildman–Crippen MR) is 118 cm³/mol. The van der Waals surface area contributed by atoms with Gasteiger partial charge in [-0.1, -0.05) is 66.2 Å². The minimum Gasteiger partial charge on any atom is -0.324 e. The van der Waals surface area contributed by atoms with Crippen LogP contribution in [-0.2, 0) is 11.3 Å². The molecule has 1 amide bonds. The van der Waals surface area contributed by atoms with Gasteiger partial charge in [0.05, 0.1) is 0 Å². The Kier molecular flexibility index (Phi) is 5.35. The van der Waals surface area contributed by atoms with Gasteiger partial charge in [0.1, 0.15) is 6.54 Å². The van der Waals surface area contributed by atoms with Gasteiger partial charge in [-0.3, -0.25) is 9.36 Å². The molecule has 4 rings (SSSR count). The second-order valence-electron chi connectivity index (χ2n) is 6.72. The molecule has 0 saturated carbocycles. The standard InChI is InChI=1S/C23H20N4OS/c1-17-12-14-19(15-13-17)24-21(28)16-26-23(29)27(20-10-6-3-7-11-20)22(25-26)18-8-4-2-5-9-18/h2-15H,16H2,1H3,(H,24,28). The number of hydrogen-bond acceptors (Lipinski definition) is 3. The van der Waals surface area contributed by atoms with Crippen LogP contribution in [0.3, 0.4) is 0 Å². The topological polar surface area (TPSA) is 51.9 Å². The van der Waals surface area contributed by atoms with E-state index in [9.17, 15) is 4.79 Å². The third kappa shape index (κ3) is 4.17. The highest BCUT2D eigenvalue weighted by atomic mass is 32.1. The van der Waals surface area contributed by atoms with Crippen LogP contribution in [0.15, 0.2) is 84.9 Å². The van der Waals surface area contributed by atoms with Crippen molar-refractivity contribution < 1.29 is 4.79 Å². The van der Waals surface area contributed by atoms with Crippen LogP contribution in [0, 0.1) is 11.7 Å². The molecule has 0 aliphatic heterocycles. The van der Waals surface area contributed by atoms with Crippen molar-refractivity contribution in [2.75, 3.05) is 5.32 Å². The molecule has 0 aliphatic rings. The predicted octanol–water partition coefficient (Wildman–Crippen LogP) is 5.02. The minimum atomic E-state index is -0.178. The fourth-order valence-electron chi connectivity index (χ4n) is 3.07. The van der Waals surface area contributed by atoms with Crippen LogP contribution < -0.4 is 5.32 Å². The highest BCUT2D eigenvalue weighted by Gasteiger charge is 2.16. The zero-order valence-corrected chi connectivity index (χ0v) is 16.8. The molecule has 6 heteroatoms. The van der Waals surface area contributed by atoms with E-state index in [1.165, 1.54) is 0 Å². The Labute approximate surface area is 174 Å². The molecule has 4 aromatic rings. The summed E-state index contributed by atoms with van der Waals surface area (Å²) >= 11 is 5.68. The third-order valence-corrected chi connectivity index (χ3v) is 4.91. The van der Waals surface area contributed by atoms with Crippen molar-refractivity contribution in [3.63, 3.8) is 0 Å². The summed E-state index contributed by atoms with van der Waals surface area (Å²) in [6, 6.07) is 27.3. The summed E-state index contributed by atoms with van der Waals surface area (Å²) in [5, 5.41) is 7.56. The Morgan fingerprint density at radius 1 is 0.931 bits per heavy atom. The maximum absolute atomic E-state index is 12.6. The second kappa shape index (κ2) is 8.24. The first-order valence-corrected chi connectivity index (χ1v) is 9.70. The number of benzene rings is 3. The average Bonchev–Trinajstić information content (AvgIpc) is 3.07. The first kappa shape index (κ1) is 18.8. The Morgan fingerprint density at radius 3 is 2.21 bits per heavy atom. The number of amides is 1. The van der Waals surface area contributed by atoms with E-state index in [-0.39, 0.29) is 12.5 Å². The van der Waals surface area contributed by atoms with E-state index >= 15 is 0 Å². The number of carbonyl (C=O) groups is 1. The molecule has 0 unspecified atom stereocenters. The quantitative estimate of drug-likeness (QED) is 0.479. The summed E-state index contributed by atoms with van der Waals surface area (Å²) in [7, 11) is 0. The van der Waals surface area contributed by atoms with Crippen LogP contribution >= 0.6 is 12.2 Å². The number of carbonyl (C=O) groups excluding carboxylic acids is 1. The van der Waals surface area contributed by atoms with Gasteiger partial charge >= 0.3 is 0 Å². The molecular formula is C23H20N4OS. The Morgan fingerprint density at radius 2 is 1.55 bits per heavy atom. The van der Waals surface area contributed by atoms with E-state index in [2.05, 4.69) is 10.4 Å². The van der Waals surface area contributed by atoms with Gasteiger partial charge in [0.15, 0.2) is 5.82 Å². The van der Waals surface area contributed by atoms with Crippen molar-refractivity contribution in [3.8, 4) is 17.1 Å². The number of aromatic nitrogens is 3. The van der Waals surface area contributed by atoms with E-state index in [0.717, 1.165) is 22.5 Å². The van der Waals surface area contributed by atoms with Gasteiger partial charge < -0.3 is 5.32 Å². The van der Waals surface area contributed by atoms with E-state index in [1.807, 2.05) is 96.4 Å². The van der Waals surface area contributed by atoms with Crippen molar-refractivity contribution in [2.24, 2.45) is 0 Å². The lowest BCUT2D eigenvalue weighted by atomic mass is 10.2. The summed E-state index contributed by atoms with van der Waals surface area (Å²) in [6.45, 7) is 2.04. The van der Waals surface area contributed by atoms with Crippen molar-refractivity contribution in [1.82, 2.24) is 14.3 Å². The van der Waals surface area contributed by atoms with Gasteiger partial charge in [0, 0.05) is 16.9 Å². The molecule has 29 heavy (non-hydrogen) atoms. The summed E-state index contributed by atoms with van der Waals surface area (Å²) in [6.07, 6.45) is 0. The van der Waals surface area contributed by atoms with Crippen molar-refractivity contribution in [2.45, 2.75) is 13.5 Å². The number of nitrogens with zero attached hydrogens (tertiary/aromatic N) is 3. The fraction of sp³-hybridized carbons (Fsp3) is 0.0870. The van der Waals surface area contributed by atoms with Gasteiger partial charge in [-0.2, -0.15) is 5.10 Å². The van der Waals surface area contributed by atoms with Gasteiger partial charge in [-0.15, -0.1) is 0 Å². The fourth-order valence-corrected chi connectivity index (χ4v) is 3.37. The summed E-state index contributed by atoms with van der Waals surface area (Å²) in [5.74, 6) is 0.521. The Balaban J connectivity index is 1.69. The molecule has 0 atom stereocenters. The lowest BCUT2D eigenvalue weighted by molar-refractivity contribution is -0.116. The Bertz CT molecular complexity index is 1180. The summed E-state index contributed by atoms with van der Waals surface area (Å²) < 4.78 is 3.92. The molecule has 0 radical (unpaired) electrons. The lowest BCUT2D eigenvalue weighted by Gasteiger charge is -2.06. The molecule has 0 saturated heterocycles. The van der Waals surface area contributed by atoms with Crippen LogP contribution in [0.25, 0.3) is 17.1 Å². The molecule has 5 nitrogen and oxygen atoms in total. The second-order valence-corrected chi connectivity index (χ2v) is 7.08. The van der Waals surface area contributed by atoms with E-state index < -0.39 is 0 Å². The molecule has 1 heterocycles. The highest BCUT2D eigenvalue weighted by molar-refractivity contribution is 7.71. The van der Waals surface area contributed by atoms with Gasteiger partial charge in [-0.25, -0.2) is 4.68 Å². The van der Waals surface area contributed by atoms with E-state index in [0.29, 0.717) is 10.6 Å². The Hall–Kier alpha value is -3.51. The van der Waals surface area contributed by atoms with Crippen LogP contribution in [-0.4, -0.2) is 20.3 Å². The number of anilines is 1. The van der Waals surface area contributed by atoms with Gasteiger partial charge in [-0.05, 0) is 43.4 Å². The summed E-state index contributed by atoms with van der Waals surface area (Å²) in [5.41, 5.74) is 3.72. The maximum Gasteiger partial charge on any atom is 0.246 e. The smallest absolute Gasteiger partial charge is 0.246 e. The number of rotatable bonds is 5. The van der Waals surface area contributed by atoms with Crippen molar-refractivity contribution >= 4 is 23.8 Å². The number of para-hydroxylation sites is 1. The van der Waals surface area contributed by atoms with E-state index in [4.69, 9.17) is 12.2 Å². The first-order chi connectivity index (χ1) is 14.1. The van der Waals surface area contributed by atoms with Gasteiger partial charge in [0.25, 0.3) is 0 Å².